The summed E-state index contributed by atoms with van der Waals surface area (Å²) >= 11 is 0. The summed E-state index contributed by atoms with van der Waals surface area (Å²) in [5, 5.41) is 12.1. The molecule has 1 saturated heterocycles. The summed E-state index contributed by atoms with van der Waals surface area (Å²) in [7, 11) is 0. The number of aromatic nitrogens is 4. The van der Waals surface area contributed by atoms with Crippen molar-refractivity contribution in [3.8, 4) is 0 Å². The predicted molar refractivity (Wildman–Crippen MR) is 82.2 cm³/mol. The van der Waals surface area contributed by atoms with Crippen molar-refractivity contribution in [2.45, 2.75) is 38.8 Å². The summed E-state index contributed by atoms with van der Waals surface area (Å²) in [4.78, 5) is 13.7. The molecule has 1 aliphatic rings. The molecule has 0 radical (unpaired) electrons. The Morgan fingerprint density at radius 1 is 1.48 bits per heavy atom. The van der Waals surface area contributed by atoms with E-state index in [1.807, 2.05) is 12.1 Å². The van der Waals surface area contributed by atoms with Crippen molar-refractivity contribution in [1.82, 2.24) is 25.1 Å². The molecule has 3 rings (SSSR count). The van der Waals surface area contributed by atoms with Gasteiger partial charge in [-0.2, -0.15) is 0 Å². The Balaban J connectivity index is 1.72. The SMILES string of the molecule is CCC(c1nnnn1Cc1ccco1)N1CCC(C(N)=O)CC1. The minimum atomic E-state index is -0.194. The smallest absolute Gasteiger partial charge is 0.220 e. The van der Waals surface area contributed by atoms with Crippen molar-refractivity contribution in [2.24, 2.45) is 11.7 Å². The number of likely N-dealkylation sites (tertiary alicyclic amines) is 1. The fourth-order valence-corrected chi connectivity index (χ4v) is 3.21. The molecule has 0 saturated carbocycles. The van der Waals surface area contributed by atoms with Crippen LogP contribution in [0.1, 0.15) is 43.8 Å². The lowest BCUT2D eigenvalue weighted by molar-refractivity contribution is -0.123. The Bertz CT molecular complexity index is 630. The molecule has 124 valence electrons. The molecule has 0 aliphatic carbocycles. The van der Waals surface area contributed by atoms with Gasteiger partial charge in [0.2, 0.25) is 5.91 Å². The molecule has 1 atom stereocenters. The molecule has 1 aliphatic heterocycles. The first-order chi connectivity index (χ1) is 11.2. The summed E-state index contributed by atoms with van der Waals surface area (Å²) < 4.78 is 7.16. The Hall–Kier alpha value is -2.22. The van der Waals surface area contributed by atoms with Crippen LogP contribution >= 0.6 is 0 Å². The number of primary amides is 1. The molecule has 0 bridgehead atoms. The summed E-state index contributed by atoms with van der Waals surface area (Å²) in [6.45, 7) is 4.31. The Kier molecular flexibility index (Phi) is 4.71. The average Bonchev–Trinajstić information content (AvgIpc) is 3.22. The number of nitrogens with two attached hydrogens (primary N) is 1. The zero-order valence-corrected chi connectivity index (χ0v) is 13.3. The minimum Gasteiger partial charge on any atom is -0.467 e. The molecule has 1 fully saturated rings. The zero-order chi connectivity index (χ0) is 16.2. The molecular weight excluding hydrogens is 296 g/mol. The first-order valence-corrected chi connectivity index (χ1v) is 8.00. The molecule has 3 heterocycles. The number of rotatable bonds is 6. The van der Waals surface area contributed by atoms with Gasteiger partial charge in [0.25, 0.3) is 0 Å². The van der Waals surface area contributed by atoms with Crippen LogP contribution in [0.25, 0.3) is 0 Å². The number of nitrogens with zero attached hydrogens (tertiary/aromatic N) is 5. The summed E-state index contributed by atoms with van der Waals surface area (Å²) in [5.41, 5.74) is 5.41. The van der Waals surface area contributed by atoms with Gasteiger partial charge in [-0.3, -0.25) is 9.69 Å². The third kappa shape index (κ3) is 3.42. The fourth-order valence-electron chi connectivity index (χ4n) is 3.21. The molecule has 1 amide bonds. The van der Waals surface area contributed by atoms with E-state index >= 15 is 0 Å². The van der Waals surface area contributed by atoms with Gasteiger partial charge in [0.05, 0.1) is 12.3 Å². The molecular formula is C15H22N6O2. The summed E-state index contributed by atoms with van der Waals surface area (Å²) in [6, 6.07) is 3.89. The number of hydrogen-bond donors (Lipinski definition) is 1. The lowest BCUT2D eigenvalue weighted by Gasteiger charge is -2.35. The van der Waals surface area contributed by atoms with E-state index in [1.54, 1.807) is 10.9 Å². The van der Waals surface area contributed by atoms with Crippen LogP contribution in [0.5, 0.6) is 0 Å². The number of furan rings is 1. The van der Waals surface area contributed by atoms with Gasteiger partial charge in [-0.15, -0.1) is 5.10 Å². The highest BCUT2D eigenvalue weighted by Gasteiger charge is 2.30. The van der Waals surface area contributed by atoms with Gasteiger partial charge < -0.3 is 10.2 Å². The van der Waals surface area contributed by atoms with Crippen LogP contribution in [-0.4, -0.2) is 44.1 Å². The van der Waals surface area contributed by atoms with Gasteiger partial charge in [0, 0.05) is 5.92 Å². The van der Waals surface area contributed by atoms with Crippen molar-refractivity contribution in [1.29, 1.82) is 0 Å². The van der Waals surface area contributed by atoms with Crippen molar-refractivity contribution < 1.29 is 9.21 Å². The minimum absolute atomic E-state index is 0.0112. The van der Waals surface area contributed by atoms with E-state index in [-0.39, 0.29) is 17.9 Å². The first-order valence-electron chi connectivity index (χ1n) is 8.00. The lowest BCUT2D eigenvalue weighted by atomic mass is 9.94. The normalized spacial score (nSPS) is 18.1. The average molecular weight is 318 g/mol. The van der Waals surface area contributed by atoms with Crippen molar-refractivity contribution in [2.75, 3.05) is 13.1 Å². The summed E-state index contributed by atoms with van der Waals surface area (Å²) in [6.07, 6.45) is 4.14. The second-order valence-electron chi connectivity index (χ2n) is 5.91. The van der Waals surface area contributed by atoms with E-state index in [0.29, 0.717) is 6.54 Å². The highest BCUT2D eigenvalue weighted by Crippen LogP contribution is 2.28. The van der Waals surface area contributed by atoms with Gasteiger partial charge in [0.1, 0.15) is 12.3 Å². The number of carbonyl (C=O) groups excluding carboxylic acids is 1. The van der Waals surface area contributed by atoms with Crippen LogP contribution in [0.4, 0.5) is 0 Å². The standard InChI is InChI=1S/C15H22N6O2/c1-2-13(20-7-5-11(6-8-20)14(16)22)15-17-18-19-21(15)10-12-4-3-9-23-12/h3-4,9,11,13H,2,5-8,10H2,1H3,(H2,16,22). The van der Waals surface area contributed by atoms with Gasteiger partial charge in [-0.1, -0.05) is 6.92 Å². The molecule has 2 N–H and O–H groups in total. The first kappa shape index (κ1) is 15.7. The lowest BCUT2D eigenvalue weighted by Crippen LogP contribution is -2.41. The highest BCUT2D eigenvalue weighted by molar-refractivity contribution is 5.76. The third-order valence-electron chi connectivity index (χ3n) is 4.50. The number of carbonyl (C=O) groups is 1. The second kappa shape index (κ2) is 6.91. The maximum Gasteiger partial charge on any atom is 0.220 e. The van der Waals surface area contributed by atoms with Crippen LogP contribution < -0.4 is 5.73 Å². The number of piperidine rings is 1. The molecule has 23 heavy (non-hydrogen) atoms. The largest absolute Gasteiger partial charge is 0.467 e. The Morgan fingerprint density at radius 2 is 2.26 bits per heavy atom. The van der Waals surface area contributed by atoms with Crippen LogP contribution in [0.2, 0.25) is 0 Å². The van der Waals surface area contributed by atoms with Crippen LogP contribution in [-0.2, 0) is 11.3 Å². The van der Waals surface area contributed by atoms with E-state index in [1.165, 1.54) is 0 Å². The van der Waals surface area contributed by atoms with E-state index in [9.17, 15) is 4.79 Å². The fraction of sp³-hybridized carbons (Fsp3) is 0.600. The molecule has 1 unspecified atom stereocenters. The van der Waals surface area contributed by atoms with E-state index in [0.717, 1.165) is 43.9 Å². The van der Waals surface area contributed by atoms with Gasteiger partial charge in [-0.25, -0.2) is 4.68 Å². The van der Waals surface area contributed by atoms with Gasteiger partial charge >= 0.3 is 0 Å². The molecule has 8 heteroatoms. The van der Waals surface area contributed by atoms with Crippen LogP contribution in [0.3, 0.4) is 0 Å². The van der Waals surface area contributed by atoms with Crippen molar-refractivity contribution >= 4 is 5.91 Å². The van der Waals surface area contributed by atoms with Gasteiger partial charge in [-0.05, 0) is 54.9 Å². The van der Waals surface area contributed by atoms with Crippen molar-refractivity contribution in [3.05, 3.63) is 30.0 Å². The molecule has 2 aromatic rings. The molecule has 0 aromatic carbocycles. The van der Waals surface area contributed by atoms with Crippen LogP contribution in [0.15, 0.2) is 22.8 Å². The number of tetrazole rings is 1. The summed E-state index contributed by atoms with van der Waals surface area (Å²) in [5.74, 6) is 1.45. The predicted octanol–water partition coefficient (Wildman–Crippen LogP) is 0.963. The number of hydrogen-bond acceptors (Lipinski definition) is 6. The molecule has 2 aromatic heterocycles. The van der Waals surface area contributed by atoms with E-state index in [4.69, 9.17) is 10.2 Å². The van der Waals surface area contributed by atoms with Gasteiger partial charge in [0.15, 0.2) is 5.82 Å². The highest BCUT2D eigenvalue weighted by atomic mass is 16.3. The Labute approximate surface area is 134 Å². The maximum absolute atomic E-state index is 11.3. The zero-order valence-electron chi connectivity index (χ0n) is 13.3. The molecule has 8 nitrogen and oxygen atoms in total. The van der Waals surface area contributed by atoms with E-state index in [2.05, 4.69) is 27.3 Å². The van der Waals surface area contributed by atoms with E-state index < -0.39 is 0 Å². The number of amides is 1. The topological polar surface area (TPSA) is 103 Å². The van der Waals surface area contributed by atoms with Crippen molar-refractivity contribution in [3.63, 3.8) is 0 Å². The monoisotopic (exact) mass is 318 g/mol. The second-order valence-corrected chi connectivity index (χ2v) is 5.91. The quantitative estimate of drug-likeness (QED) is 0.851. The Morgan fingerprint density at radius 3 is 2.87 bits per heavy atom. The maximum atomic E-state index is 11.3. The molecule has 0 spiro atoms. The van der Waals surface area contributed by atoms with Crippen LogP contribution in [0, 0.1) is 5.92 Å². The third-order valence-corrected chi connectivity index (χ3v) is 4.50.